The number of nitrogens with one attached hydrogen (secondary N) is 1. The summed E-state index contributed by atoms with van der Waals surface area (Å²) in [5, 5.41) is 2.87. The second kappa shape index (κ2) is 5.93. The van der Waals surface area contributed by atoms with Crippen molar-refractivity contribution in [2.24, 2.45) is 5.92 Å². The Morgan fingerprint density at radius 2 is 2.16 bits per heavy atom. The number of hydrogen-bond acceptors (Lipinski definition) is 3. The highest BCUT2D eigenvalue weighted by Crippen LogP contribution is 2.16. The zero-order chi connectivity index (χ0) is 13.8. The normalized spacial score (nSPS) is 19.4. The van der Waals surface area contributed by atoms with Gasteiger partial charge < -0.3 is 20.9 Å². The molecule has 0 aliphatic carbocycles. The number of anilines is 2. The highest BCUT2D eigenvalue weighted by Gasteiger charge is 2.22. The number of nitrogen functional groups attached to an aromatic ring is 1. The highest BCUT2D eigenvalue weighted by molar-refractivity contribution is 5.89. The number of likely N-dealkylation sites (tertiary alicyclic amines) is 1. The maximum atomic E-state index is 12.0. The first-order chi connectivity index (χ1) is 9.04. The van der Waals surface area contributed by atoms with Crippen LogP contribution < -0.4 is 11.1 Å². The molecule has 0 radical (unpaired) electrons. The summed E-state index contributed by atoms with van der Waals surface area (Å²) >= 11 is 0. The third kappa shape index (κ3) is 3.86. The minimum Gasteiger partial charge on any atom is -0.399 e. The Bertz CT molecular complexity index is 432. The molecule has 5 heteroatoms. The van der Waals surface area contributed by atoms with Crippen LogP contribution in [-0.2, 0) is 0 Å². The van der Waals surface area contributed by atoms with E-state index in [0.717, 1.165) is 31.7 Å². The molecule has 1 heterocycles. The Balaban J connectivity index is 1.83. The van der Waals surface area contributed by atoms with Gasteiger partial charge >= 0.3 is 6.03 Å². The van der Waals surface area contributed by atoms with Gasteiger partial charge in [-0.3, -0.25) is 0 Å². The molecule has 2 amide bonds. The van der Waals surface area contributed by atoms with Gasteiger partial charge in [-0.15, -0.1) is 0 Å². The molecule has 0 aromatic heterocycles. The molecule has 104 valence electrons. The predicted octanol–water partition coefficient (Wildman–Crippen LogP) is 1.68. The van der Waals surface area contributed by atoms with Crippen LogP contribution in [0.25, 0.3) is 0 Å². The number of nitrogens with two attached hydrogens (primary N) is 1. The number of benzene rings is 1. The summed E-state index contributed by atoms with van der Waals surface area (Å²) < 4.78 is 0. The zero-order valence-corrected chi connectivity index (χ0v) is 11.6. The highest BCUT2D eigenvalue weighted by atomic mass is 16.2. The van der Waals surface area contributed by atoms with Crippen molar-refractivity contribution in [2.45, 2.75) is 6.42 Å². The largest absolute Gasteiger partial charge is 0.399 e. The van der Waals surface area contributed by atoms with Crippen molar-refractivity contribution < 1.29 is 4.79 Å². The third-order valence-electron chi connectivity index (χ3n) is 3.53. The molecular weight excluding hydrogens is 240 g/mol. The monoisotopic (exact) mass is 262 g/mol. The summed E-state index contributed by atoms with van der Waals surface area (Å²) in [7, 11) is 3.96. The number of amides is 2. The van der Waals surface area contributed by atoms with Crippen molar-refractivity contribution in [3.63, 3.8) is 0 Å². The van der Waals surface area contributed by atoms with Crippen LogP contribution >= 0.6 is 0 Å². The first-order valence-electron chi connectivity index (χ1n) is 6.61. The lowest BCUT2D eigenvalue weighted by Gasteiger charge is -2.21. The predicted molar refractivity (Wildman–Crippen MR) is 78.1 cm³/mol. The van der Waals surface area contributed by atoms with E-state index < -0.39 is 0 Å². The number of nitrogens with zero attached hydrogens (tertiary/aromatic N) is 2. The van der Waals surface area contributed by atoms with E-state index in [1.807, 2.05) is 19.2 Å². The summed E-state index contributed by atoms with van der Waals surface area (Å²) in [5.74, 6) is 0.576. The molecule has 0 saturated carbocycles. The minimum absolute atomic E-state index is 0.0701. The molecule has 1 aliphatic heterocycles. The molecule has 0 spiro atoms. The van der Waals surface area contributed by atoms with Gasteiger partial charge in [-0.1, -0.05) is 0 Å². The van der Waals surface area contributed by atoms with E-state index >= 15 is 0 Å². The van der Waals surface area contributed by atoms with Crippen LogP contribution in [0.5, 0.6) is 0 Å². The average molecular weight is 262 g/mol. The summed E-state index contributed by atoms with van der Waals surface area (Å²) in [6, 6.07) is 7.11. The van der Waals surface area contributed by atoms with Crippen LogP contribution in [0.15, 0.2) is 24.3 Å². The smallest absolute Gasteiger partial charge is 0.321 e. The van der Waals surface area contributed by atoms with Crippen LogP contribution in [0.4, 0.5) is 16.2 Å². The zero-order valence-electron chi connectivity index (χ0n) is 11.6. The Morgan fingerprint density at radius 3 is 2.74 bits per heavy atom. The molecule has 2 rings (SSSR count). The molecule has 0 bridgehead atoms. The number of urea groups is 1. The van der Waals surface area contributed by atoms with Gasteiger partial charge in [0.05, 0.1) is 0 Å². The standard InChI is InChI=1S/C14H22N4O/c1-17-8-7-11(9-17)10-18(2)14(19)16-13-5-3-12(15)4-6-13/h3-6,11H,7-10,15H2,1-2H3,(H,16,19). The lowest BCUT2D eigenvalue weighted by Crippen LogP contribution is -2.35. The van der Waals surface area contributed by atoms with Gasteiger partial charge in [0.1, 0.15) is 0 Å². The summed E-state index contributed by atoms with van der Waals surface area (Å²) in [6.45, 7) is 2.99. The first kappa shape index (κ1) is 13.7. The average Bonchev–Trinajstić information content (AvgIpc) is 2.77. The maximum Gasteiger partial charge on any atom is 0.321 e. The lowest BCUT2D eigenvalue weighted by atomic mass is 10.1. The Labute approximate surface area is 114 Å². The van der Waals surface area contributed by atoms with E-state index in [1.54, 1.807) is 17.0 Å². The van der Waals surface area contributed by atoms with Crippen LogP contribution in [-0.4, -0.2) is 49.6 Å². The van der Waals surface area contributed by atoms with Gasteiger partial charge in [-0.25, -0.2) is 4.79 Å². The van der Waals surface area contributed by atoms with Gasteiger partial charge in [0, 0.05) is 31.5 Å². The molecule has 19 heavy (non-hydrogen) atoms. The first-order valence-corrected chi connectivity index (χ1v) is 6.61. The second-order valence-electron chi connectivity index (χ2n) is 5.35. The fraction of sp³-hybridized carbons (Fsp3) is 0.500. The van der Waals surface area contributed by atoms with Gasteiger partial charge in [0.2, 0.25) is 0 Å². The maximum absolute atomic E-state index is 12.0. The Kier molecular flexibility index (Phi) is 4.27. The molecule has 1 unspecified atom stereocenters. The lowest BCUT2D eigenvalue weighted by molar-refractivity contribution is 0.214. The number of carbonyl (C=O) groups is 1. The number of carbonyl (C=O) groups excluding carboxylic acids is 1. The van der Waals surface area contributed by atoms with E-state index in [1.165, 1.54) is 0 Å². The quantitative estimate of drug-likeness (QED) is 0.815. The molecule has 5 nitrogen and oxygen atoms in total. The Morgan fingerprint density at radius 1 is 1.47 bits per heavy atom. The van der Waals surface area contributed by atoms with Gasteiger partial charge in [-0.2, -0.15) is 0 Å². The summed E-state index contributed by atoms with van der Waals surface area (Å²) in [4.78, 5) is 16.1. The molecule has 3 N–H and O–H groups in total. The van der Waals surface area contributed by atoms with E-state index in [9.17, 15) is 4.79 Å². The van der Waals surface area contributed by atoms with Crippen LogP contribution in [0.3, 0.4) is 0 Å². The molecule has 1 aromatic carbocycles. The van der Waals surface area contributed by atoms with Crippen molar-refractivity contribution in [1.29, 1.82) is 0 Å². The van der Waals surface area contributed by atoms with E-state index in [4.69, 9.17) is 5.73 Å². The molecule has 1 saturated heterocycles. The van der Waals surface area contributed by atoms with E-state index in [0.29, 0.717) is 11.6 Å². The molecule has 1 aromatic rings. The minimum atomic E-state index is -0.0701. The number of hydrogen-bond donors (Lipinski definition) is 2. The number of rotatable bonds is 3. The summed E-state index contributed by atoms with van der Waals surface area (Å²) in [5.41, 5.74) is 7.08. The third-order valence-corrected chi connectivity index (χ3v) is 3.53. The van der Waals surface area contributed by atoms with Crippen molar-refractivity contribution in [3.8, 4) is 0 Å². The van der Waals surface area contributed by atoms with E-state index in [2.05, 4.69) is 17.3 Å². The second-order valence-corrected chi connectivity index (χ2v) is 5.35. The fourth-order valence-corrected chi connectivity index (χ4v) is 2.43. The molecule has 1 aliphatic rings. The van der Waals surface area contributed by atoms with Gasteiger partial charge in [0.15, 0.2) is 0 Å². The topological polar surface area (TPSA) is 61.6 Å². The Hall–Kier alpha value is -1.75. The van der Waals surface area contributed by atoms with Crippen molar-refractivity contribution in [3.05, 3.63) is 24.3 Å². The summed E-state index contributed by atoms with van der Waals surface area (Å²) in [6.07, 6.45) is 1.16. The molecule has 1 fully saturated rings. The van der Waals surface area contributed by atoms with Crippen molar-refractivity contribution >= 4 is 17.4 Å². The van der Waals surface area contributed by atoms with E-state index in [-0.39, 0.29) is 6.03 Å². The SMILES string of the molecule is CN1CCC(CN(C)C(=O)Nc2ccc(N)cc2)C1. The van der Waals surface area contributed by atoms with Crippen molar-refractivity contribution in [1.82, 2.24) is 9.80 Å². The van der Waals surface area contributed by atoms with Crippen LogP contribution in [0.2, 0.25) is 0 Å². The van der Waals surface area contributed by atoms with Gasteiger partial charge in [0.25, 0.3) is 0 Å². The van der Waals surface area contributed by atoms with Crippen LogP contribution in [0, 0.1) is 5.92 Å². The van der Waals surface area contributed by atoms with Gasteiger partial charge in [-0.05, 0) is 50.2 Å². The molecular formula is C14H22N4O. The molecule has 1 atom stereocenters. The van der Waals surface area contributed by atoms with Crippen LogP contribution in [0.1, 0.15) is 6.42 Å². The fourth-order valence-electron chi connectivity index (χ4n) is 2.43. The van der Waals surface area contributed by atoms with Crippen molar-refractivity contribution in [2.75, 3.05) is 44.8 Å².